The molecule has 0 unspecified atom stereocenters. The standard InChI is InChI=1S/C35H37FN4O5/c1-43-35(42)25-9-10-30-31(18-25)40(19-27-13-16-44-27)32(37-30)20-39-14-11-22(12-15-39)29-3-2-4-33(38-29)45-21-26-8-7-24(17-28(26)36)34(41)23-5-6-23/h2-4,7-10,17-18,22-23,27H,5-6,11-16,19-21H2,1H3/t27-/m0/s1. The second-order valence-electron chi connectivity index (χ2n) is 12.3. The number of benzene rings is 2. The minimum Gasteiger partial charge on any atom is -0.473 e. The van der Waals surface area contributed by atoms with Crippen LogP contribution in [0.15, 0.2) is 54.6 Å². The van der Waals surface area contributed by atoms with Gasteiger partial charge in [-0.25, -0.2) is 19.2 Å². The smallest absolute Gasteiger partial charge is 0.337 e. The van der Waals surface area contributed by atoms with Crippen LogP contribution in [0.4, 0.5) is 4.39 Å². The summed E-state index contributed by atoms with van der Waals surface area (Å²) in [7, 11) is 1.39. The maximum absolute atomic E-state index is 14.7. The molecule has 9 nitrogen and oxygen atoms in total. The number of nitrogens with zero attached hydrogens (tertiary/aromatic N) is 4. The predicted octanol–water partition coefficient (Wildman–Crippen LogP) is 5.70. The third-order valence-electron chi connectivity index (χ3n) is 9.21. The van der Waals surface area contributed by atoms with E-state index in [1.54, 1.807) is 24.3 Å². The zero-order valence-corrected chi connectivity index (χ0v) is 25.4. The molecule has 1 aliphatic carbocycles. The topological polar surface area (TPSA) is 95.8 Å². The number of rotatable bonds is 11. The number of esters is 1. The molecule has 1 saturated carbocycles. The van der Waals surface area contributed by atoms with E-state index in [4.69, 9.17) is 24.2 Å². The lowest BCUT2D eigenvalue weighted by Crippen LogP contribution is -2.35. The summed E-state index contributed by atoms with van der Waals surface area (Å²) in [5.41, 5.74) is 4.09. The summed E-state index contributed by atoms with van der Waals surface area (Å²) in [6, 6.07) is 15.9. The van der Waals surface area contributed by atoms with Crippen LogP contribution in [0.3, 0.4) is 0 Å². The maximum Gasteiger partial charge on any atom is 0.337 e. The number of piperidine rings is 1. The number of halogens is 1. The van der Waals surface area contributed by atoms with Crippen LogP contribution in [-0.2, 0) is 29.2 Å². The number of imidazole rings is 1. The molecule has 2 saturated heterocycles. The van der Waals surface area contributed by atoms with Crippen LogP contribution in [0.25, 0.3) is 11.0 Å². The molecule has 0 spiro atoms. The molecule has 0 bridgehead atoms. The molecule has 0 N–H and O–H groups in total. The minimum absolute atomic E-state index is 0.0259. The highest BCUT2D eigenvalue weighted by atomic mass is 19.1. The number of ketones is 1. The highest BCUT2D eigenvalue weighted by molar-refractivity contribution is 5.99. The zero-order valence-electron chi connectivity index (χ0n) is 25.4. The molecule has 10 heteroatoms. The molecule has 45 heavy (non-hydrogen) atoms. The van der Waals surface area contributed by atoms with Crippen molar-refractivity contribution in [3.63, 3.8) is 0 Å². The summed E-state index contributed by atoms with van der Waals surface area (Å²) in [6.07, 6.45) is 4.85. The van der Waals surface area contributed by atoms with Gasteiger partial charge in [-0.2, -0.15) is 0 Å². The van der Waals surface area contributed by atoms with E-state index in [0.29, 0.717) is 41.6 Å². The molecule has 4 heterocycles. The molecule has 2 aromatic carbocycles. The molecule has 3 aliphatic rings. The number of Topliss-reactive ketones (excluding diaryl/α,β-unsaturated/α-hetero) is 1. The minimum atomic E-state index is -0.428. The molecule has 2 aromatic heterocycles. The number of pyridine rings is 1. The lowest BCUT2D eigenvalue weighted by Gasteiger charge is -2.32. The number of carbonyl (C=O) groups excluding carboxylic acids is 2. The van der Waals surface area contributed by atoms with Gasteiger partial charge in [-0.1, -0.05) is 18.2 Å². The Morgan fingerprint density at radius 2 is 1.78 bits per heavy atom. The molecule has 234 valence electrons. The van der Waals surface area contributed by atoms with Crippen molar-refractivity contribution in [1.29, 1.82) is 0 Å². The van der Waals surface area contributed by atoms with E-state index in [-0.39, 0.29) is 30.4 Å². The SMILES string of the molecule is COC(=O)c1ccc2nc(CN3CCC(c4cccc(OCc5ccc(C(=O)C6CC6)cc5F)n4)CC3)n(C[C@@H]3CCO3)c2c1. The fourth-order valence-electron chi connectivity index (χ4n) is 6.25. The van der Waals surface area contributed by atoms with Crippen molar-refractivity contribution in [1.82, 2.24) is 19.4 Å². The van der Waals surface area contributed by atoms with E-state index in [0.717, 1.165) is 74.4 Å². The van der Waals surface area contributed by atoms with Crippen LogP contribution in [-0.4, -0.2) is 64.1 Å². The highest BCUT2D eigenvalue weighted by Gasteiger charge is 2.31. The fourth-order valence-corrected chi connectivity index (χ4v) is 6.25. The summed E-state index contributed by atoms with van der Waals surface area (Å²) in [4.78, 5) is 36.6. The van der Waals surface area contributed by atoms with Gasteiger partial charge in [0, 0.05) is 41.3 Å². The van der Waals surface area contributed by atoms with Gasteiger partial charge >= 0.3 is 5.97 Å². The Bertz CT molecular complexity index is 1720. The van der Waals surface area contributed by atoms with Gasteiger partial charge in [-0.05, 0) is 75.5 Å². The Kier molecular flexibility index (Phi) is 8.33. The molecule has 2 aliphatic heterocycles. The number of aromatic nitrogens is 3. The van der Waals surface area contributed by atoms with Crippen molar-refractivity contribution in [3.05, 3.63) is 88.6 Å². The summed E-state index contributed by atoms with van der Waals surface area (Å²) < 4.78 is 33.5. The third kappa shape index (κ3) is 6.48. The summed E-state index contributed by atoms with van der Waals surface area (Å²) >= 11 is 0. The number of ether oxygens (including phenoxy) is 3. The van der Waals surface area contributed by atoms with Crippen molar-refractivity contribution < 1.29 is 28.2 Å². The normalized spacial score (nSPS) is 18.9. The Balaban J connectivity index is 0.981. The van der Waals surface area contributed by atoms with Crippen LogP contribution >= 0.6 is 0 Å². The van der Waals surface area contributed by atoms with E-state index >= 15 is 0 Å². The fraction of sp³-hybridized carbons (Fsp3) is 0.429. The number of hydrogen-bond acceptors (Lipinski definition) is 8. The largest absolute Gasteiger partial charge is 0.473 e. The number of hydrogen-bond donors (Lipinski definition) is 0. The van der Waals surface area contributed by atoms with E-state index < -0.39 is 5.82 Å². The Morgan fingerprint density at radius 3 is 2.49 bits per heavy atom. The van der Waals surface area contributed by atoms with Crippen molar-refractivity contribution in [2.45, 2.75) is 63.8 Å². The van der Waals surface area contributed by atoms with Gasteiger partial charge < -0.3 is 18.8 Å². The third-order valence-corrected chi connectivity index (χ3v) is 9.21. The zero-order chi connectivity index (χ0) is 30.9. The lowest BCUT2D eigenvalue weighted by atomic mass is 9.93. The molecule has 1 atom stereocenters. The molecular weight excluding hydrogens is 575 g/mol. The van der Waals surface area contributed by atoms with Crippen LogP contribution in [0.5, 0.6) is 5.88 Å². The van der Waals surface area contributed by atoms with Crippen LogP contribution in [0.2, 0.25) is 0 Å². The first-order chi connectivity index (χ1) is 21.9. The molecule has 3 fully saturated rings. The Labute approximate surface area is 261 Å². The first-order valence-corrected chi connectivity index (χ1v) is 15.8. The van der Waals surface area contributed by atoms with E-state index in [2.05, 4.69) is 9.47 Å². The Hall–Kier alpha value is -4.15. The number of likely N-dealkylation sites (tertiary alicyclic amines) is 1. The highest BCUT2D eigenvalue weighted by Crippen LogP contribution is 2.33. The summed E-state index contributed by atoms with van der Waals surface area (Å²) in [5, 5.41) is 0. The first kappa shape index (κ1) is 29.6. The van der Waals surface area contributed by atoms with Gasteiger partial charge in [0.05, 0.1) is 42.9 Å². The predicted molar refractivity (Wildman–Crippen MR) is 165 cm³/mol. The summed E-state index contributed by atoms with van der Waals surface area (Å²) in [5.74, 6) is 1.01. The van der Waals surface area contributed by atoms with Crippen LogP contribution in [0.1, 0.15) is 75.8 Å². The van der Waals surface area contributed by atoms with Crippen molar-refractivity contribution in [2.75, 3.05) is 26.8 Å². The van der Waals surface area contributed by atoms with E-state index in [9.17, 15) is 14.0 Å². The van der Waals surface area contributed by atoms with Gasteiger partial charge in [0.1, 0.15) is 18.2 Å². The van der Waals surface area contributed by atoms with E-state index in [1.807, 2.05) is 24.3 Å². The Morgan fingerprint density at radius 1 is 0.978 bits per heavy atom. The van der Waals surface area contributed by atoms with E-state index in [1.165, 1.54) is 13.2 Å². The average molecular weight is 613 g/mol. The maximum atomic E-state index is 14.7. The quantitative estimate of drug-likeness (QED) is 0.157. The second kappa shape index (κ2) is 12.7. The monoisotopic (exact) mass is 612 g/mol. The van der Waals surface area contributed by atoms with Gasteiger partial charge in [0.15, 0.2) is 5.78 Å². The molecule has 4 aromatic rings. The van der Waals surface area contributed by atoms with Crippen molar-refractivity contribution >= 4 is 22.8 Å². The van der Waals surface area contributed by atoms with Crippen LogP contribution in [0, 0.1) is 11.7 Å². The average Bonchev–Trinajstić information content (AvgIpc) is 3.84. The molecule has 0 amide bonds. The summed E-state index contributed by atoms with van der Waals surface area (Å²) in [6.45, 7) is 4.02. The van der Waals surface area contributed by atoms with Gasteiger partial charge in [0.2, 0.25) is 5.88 Å². The second-order valence-corrected chi connectivity index (χ2v) is 12.3. The van der Waals surface area contributed by atoms with Crippen LogP contribution < -0.4 is 4.74 Å². The molecule has 7 rings (SSSR count). The van der Waals surface area contributed by atoms with Gasteiger partial charge in [0.25, 0.3) is 0 Å². The number of methoxy groups -OCH3 is 1. The first-order valence-electron chi connectivity index (χ1n) is 15.8. The number of carbonyl (C=O) groups is 2. The van der Waals surface area contributed by atoms with Gasteiger partial charge in [-0.3, -0.25) is 9.69 Å². The molecule has 0 radical (unpaired) electrons. The lowest BCUT2D eigenvalue weighted by molar-refractivity contribution is -0.0592. The number of fused-ring (bicyclic) bond motifs is 1. The van der Waals surface area contributed by atoms with Gasteiger partial charge in [-0.15, -0.1) is 0 Å². The molecular formula is C35H37FN4O5. The van der Waals surface area contributed by atoms with Crippen molar-refractivity contribution in [2.24, 2.45) is 5.92 Å². The van der Waals surface area contributed by atoms with Crippen molar-refractivity contribution in [3.8, 4) is 5.88 Å².